The fraction of sp³-hybridized carbons (Fsp3) is 0.250. The van der Waals surface area contributed by atoms with Crippen LogP contribution in [0.25, 0.3) is 0 Å². The molecule has 0 bridgehead atoms. The molecule has 0 fully saturated rings. The van der Waals surface area contributed by atoms with Gasteiger partial charge in [0.25, 0.3) is 0 Å². The molecule has 0 aliphatic heterocycles. The Balaban J connectivity index is 2.85. The highest BCUT2D eigenvalue weighted by Gasteiger charge is 2.01. The quantitative estimate of drug-likeness (QED) is 0.612. The number of benzene rings is 1. The molecule has 0 aromatic heterocycles. The molecule has 0 heterocycles. The molecule has 1 rings (SSSR count). The maximum Gasteiger partial charge on any atom is 0.101 e. The minimum absolute atomic E-state index is 0.445. The summed E-state index contributed by atoms with van der Waals surface area (Å²) in [6.45, 7) is 1.69. The Kier molecular flexibility index (Phi) is 3.72. The maximum atomic E-state index is 9.06. The van der Waals surface area contributed by atoms with Crippen LogP contribution in [0.4, 0.5) is 0 Å². The second-order valence-electron chi connectivity index (χ2n) is 2.32. The molecule has 0 amide bonds. The van der Waals surface area contributed by atoms with Crippen LogP contribution in [0.2, 0.25) is 10.0 Å². The van der Waals surface area contributed by atoms with Gasteiger partial charge in [-0.3, -0.25) is 0 Å². The third-order valence-electron chi connectivity index (χ3n) is 1.14. The van der Waals surface area contributed by atoms with Gasteiger partial charge in [0.15, 0.2) is 0 Å². The molecule has 1 N–H and O–H groups in total. The summed E-state index contributed by atoms with van der Waals surface area (Å²) >= 11 is 12.8. The molecule has 1 nitrogen and oxygen atoms in total. The lowest BCUT2D eigenvalue weighted by molar-refractivity contribution is 0.284. The van der Waals surface area contributed by atoms with Gasteiger partial charge in [0.2, 0.25) is 0 Å². The van der Waals surface area contributed by atoms with Crippen molar-refractivity contribution in [2.45, 2.75) is 17.3 Å². The van der Waals surface area contributed by atoms with E-state index in [0.29, 0.717) is 10.0 Å². The highest BCUT2D eigenvalue weighted by atomic mass is 35.5. The van der Waals surface area contributed by atoms with Gasteiger partial charge in [-0.25, -0.2) is 0 Å². The van der Waals surface area contributed by atoms with Crippen LogP contribution in [0.15, 0.2) is 23.1 Å². The molecular formula is C8H8Cl2OS. The van der Waals surface area contributed by atoms with Crippen LogP contribution in [0.5, 0.6) is 0 Å². The van der Waals surface area contributed by atoms with E-state index in [1.807, 2.05) is 0 Å². The number of aliphatic hydroxyl groups is 1. The predicted molar refractivity (Wildman–Crippen MR) is 54.0 cm³/mol. The summed E-state index contributed by atoms with van der Waals surface area (Å²) in [4.78, 5) is 0.877. The highest BCUT2D eigenvalue weighted by molar-refractivity contribution is 7.99. The van der Waals surface area contributed by atoms with Crippen LogP contribution in [-0.4, -0.2) is 10.5 Å². The van der Waals surface area contributed by atoms with Crippen molar-refractivity contribution in [3.8, 4) is 0 Å². The smallest absolute Gasteiger partial charge is 0.101 e. The second kappa shape index (κ2) is 4.38. The van der Waals surface area contributed by atoms with E-state index in [-0.39, 0.29) is 0 Å². The first kappa shape index (κ1) is 10.2. The third-order valence-corrected chi connectivity index (χ3v) is 2.43. The van der Waals surface area contributed by atoms with E-state index in [1.54, 1.807) is 25.1 Å². The number of halogens is 2. The van der Waals surface area contributed by atoms with E-state index in [0.717, 1.165) is 4.90 Å². The van der Waals surface area contributed by atoms with Gasteiger partial charge in [-0.1, -0.05) is 35.0 Å². The molecule has 66 valence electrons. The van der Waals surface area contributed by atoms with Crippen molar-refractivity contribution >= 4 is 35.0 Å². The van der Waals surface area contributed by atoms with Crippen molar-refractivity contribution in [1.82, 2.24) is 0 Å². The fourth-order valence-corrected chi connectivity index (χ4v) is 2.23. The number of aliphatic hydroxyl groups excluding tert-OH is 1. The van der Waals surface area contributed by atoms with Crippen molar-refractivity contribution in [3.63, 3.8) is 0 Å². The Morgan fingerprint density at radius 2 is 1.75 bits per heavy atom. The third kappa shape index (κ3) is 3.23. The Hall–Kier alpha value is 0.110. The maximum absolute atomic E-state index is 9.06. The molecule has 4 heteroatoms. The van der Waals surface area contributed by atoms with Crippen molar-refractivity contribution in [2.75, 3.05) is 0 Å². The molecule has 1 aromatic carbocycles. The average Bonchev–Trinajstić information content (AvgIpc) is 1.81. The molecule has 0 saturated carbocycles. The lowest BCUT2D eigenvalue weighted by atomic mass is 10.4. The van der Waals surface area contributed by atoms with Gasteiger partial charge in [-0.15, -0.1) is 0 Å². The van der Waals surface area contributed by atoms with Gasteiger partial charge in [0.05, 0.1) is 0 Å². The van der Waals surface area contributed by atoms with Gasteiger partial charge in [-0.2, -0.15) is 0 Å². The Morgan fingerprint density at radius 1 is 1.25 bits per heavy atom. The monoisotopic (exact) mass is 222 g/mol. The first-order valence-corrected chi connectivity index (χ1v) is 5.02. The number of thioether (sulfide) groups is 1. The van der Waals surface area contributed by atoms with Crippen LogP contribution in [0, 0.1) is 0 Å². The average molecular weight is 223 g/mol. The van der Waals surface area contributed by atoms with Crippen LogP contribution >= 0.6 is 35.0 Å². The molecule has 0 aliphatic carbocycles. The van der Waals surface area contributed by atoms with E-state index < -0.39 is 5.44 Å². The zero-order valence-electron chi connectivity index (χ0n) is 6.42. The van der Waals surface area contributed by atoms with Gasteiger partial charge in [0, 0.05) is 14.9 Å². The van der Waals surface area contributed by atoms with E-state index >= 15 is 0 Å². The van der Waals surface area contributed by atoms with Crippen LogP contribution in [0.3, 0.4) is 0 Å². The highest BCUT2D eigenvalue weighted by Crippen LogP contribution is 2.28. The van der Waals surface area contributed by atoms with Crippen molar-refractivity contribution in [1.29, 1.82) is 0 Å². The van der Waals surface area contributed by atoms with Crippen molar-refractivity contribution < 1.29 is 5.11 Å². The predicted octanol–water partition coefficient (Wildman–Crippen LogP) is 3.42. The summed E-state index contributed by atoms with van der Waals surface area (Å²) in [6.07, 6.45) is 0. The first-order valence-electron chi connectivity index (χ1n) is 3.39. The van der Waals surface area contributed by atoms with E-state index in [1.165, 1.54) is 11.8 Å². The molecular weight excluding hydrogens is 215 g/mol. The summed E-state index contributed by atoms with van der Waals surface area (Å²) in [5.74, 6) is 0. The minimum atomic E-state index is -0.445. The number of hydrogen-bond donors (Lipinski definition) is 1. The molecule has 0 spiro atoms. The SMILES string of the molecule is C[C@@H](O)Sc1cc(Cl)cc(Cl)c1. The van der Waals surface area contributed by atoms with E-state index in [4.69, 9.17) is 28.3 Å². The second-order valence-corrected chi connectivity index (χ2v) is 4.58. The topological polar surface area (TPSA) is 20.2 Å². The summed E-state index contributed by atoms with van der Waals surface area (Å²) in [5, 5.41) is 10.2. The Labute approximate surface area is 85.7 Å². The standard InChI is InChI=1S/C8H8Cl2OS/c1-5(11)12-8-3-6(9)2-7(10)4-8/h2-5,11H,1H3/t5-/m0/s1. The normalized spacial score (nSPS) is 13.0. The number of rotatable bonds is 2. The van der Waals surface area contributed by atoms with Crippen LogP contribution < -0.4 is 0 Å². The van der Waals surface area contributed by atoms with E-state index in [9.17, 15) is 0 Å². The molecule has 12 heavy (non-hydrogen) atoms. The number of hydrogen-bond acceptors (Lipinski definition) is 2. The zero-order valence-corrected chi connectivity index (χ0v) is 8.75. The lowest BCUT2D eigenvalue weighted by Crippen LogP contribution is -1.90. The largest absolute Gasteiger partial charge is 0.382 e. The first-order chi connectivity index (χ1) is 5.58. The van der Waals surface area contributed by atoms with Crippen LogP contribution in [-0.2, 0) is 0 Å². The summed E-state index contributed by atoms with van der Waals surface area (Å²) < 4.78 is 0. The Bertz CT molecular complexity index is 256. The van der Waals surface area contributed by atoms with Gasteiger partial charge >= 0.3 is 0 Å². The summed E-state index contributed by atoms with van der Waals surface area (Å²) in [6, 6.07) is 5.20. The summed E-state index contributed by atoms with van der Waals surface area (Å²) in [5.41, 5.74) is -0.445. The minimum Gasteiger partial charge on any atom is -0.382 e. The van der Waals surface area contributed by atoms with Crippen molar-refractivity contribution in [2.24, 2.45) is 0 Å². The molecule has 0 saturated heterocycles. The molecule has 1 atom stereocenters. The van der Waals surface area contributed by atoms with Gasteiger partial charge in [-0.05, 0) is 25.1 Å². The van der Waals surface area contributed by atoms with Gasteiger partial charge < -0.3 is 5.11 Å². The zero-order chi connectivity index (χ0) is 9.14. The van der Waals surface area contributed by atoms with E-state index in [2.05, 4.69) is 0 Å². The summed E-state index contributed by atoms with van der Waals surface area (Å²) in [7, 11) is 0. The van der Waals surface area contributed by atoms with Gasteiger partial charge in [0.1, 0.15) is 5.44 Å². The fourth-order valence-electron chi connectivity index (χ4n) is 0.794. The Morgan fingerprint density at radius 3 is 2.17 bits per heavy atom. The molecule has 1 aromatic rings. The van der Waals surface area contributed by atoms with Crippen molar-refractivity contribution in [3.05, 3.63) is 28.2 Å². The van der Waals surface area contributed by atoms with Crippen LogP contribution in [0.1, 0.15) is 6.92 Å². The molecule has 0 aliphatic rings. The molecule has 0 unspecified atom stereocenters. The molecule has 0 radical (unpaired) electrons. The lowest BCUT2D eigenvalue weighted by Gasteiger charge is -2.04.